The molecule has 222 valence electrons. The highest BCUT2D eigenvalue weighted by Gasteiger charge is 2.45. The smallest absolute Gasteiger partial charge is 0.397 e. The molecule has 4 N–H and O–H groups in total. The molecule has 41 heavy (non-hydrogen) atoms. The molecule has 2 aromatic carbocycles. The molecule has 0 aliphatic carbocycles. The van der Waals surface area contributed by atoms with Crippen molar-refractivity contribution >= 4 is 54.0 Å². The first-order chi connectivity index (χ1) is 19.3. The number of nitrogens with two attached hydrogens (primary N) is 1. The molecule has 0 saturated carbocycles. The van der Waals surface area contributed by atoms with Crippen LogP contribution in [0.4, 0.5) is 29.7 Å². The van der Waals surface area contributed by atoms with E-state index in [2.05, 4.69) is 20.7 Å². The second-order valence-electron chi connectivity index (χ2n) is 8.62. The van der Waals surface area contributed by atoms with Gasteiger partial charge in [-0.15, -0.1) is 0 Å². The van der Waals surface area contributed by atoms with E-state index in [0.29, 0.717) is 28.0 Å². The molecule has 2 heterocycles. The van der Waals surface area contributed by atoms with Gasteiger partial charge in [0.1, 0.15) is 5.82 Å². The average molecular weight is 617 g/mol. The predicted molar refractivity (Wildman–Crippen MR) is 148 cm³/mol. The Labute approximate surface area is 236 Å². The number of carbonyl (C=O) groups excluding carboxylic acids is 1. The van der Waals surface area contributed by atoms with Gasteiger partial charge in [-0.05, 0) is 36.1 Å². The number of carbonyl (C=O) groups is 1. The van der Waals surface area contributed by atoms with Gasteiger partial charge in [0, 0.05) is 35.2 Å². The van der Waals surface area contributed by atoms with E-state index in [9.17, 15) is 26.4 Å². The summed E-state index contributed by atoms with van der Waals surface area (Å²) in [6.07, 6.45) is -4.56. The zero-order valence-corrected chi connectivity index (χ0v) is 23.7. The largest absolute Gasteiger partial charge is 0.493 e. The molecule has 0 spiro atoms. The molecule has 0 fully saturated rings. The molecule has 4 rings (SSSR count). The third-order valence-corrected chi connectivity index (χ3v) is 8.57. The van der Waals surface area contributed by atoms with E-state index < -0.39 is 44.6 Å². The zero-order chi connectivity index (χ0) is 29.9. The highest BCUT2D eigenvalue weighted by atomic mass is 32.2. The Morgan fingerprint density at radius 3 is 2.39 bits per heavy atom. The number of halogens is 3. The van der Waals surface area contributed by atoms with Crippen molar-refractivity contribution in [2.24, 2.45) is 11.1 Å². The number of nitrogens with one attached hydrogen (secondary N) is 2. The molecular formula is C24H27F3N6O6S2. The van der Waals surface area contributed by atoms with Gasteiger partial charge in [0.05, 0.1) is 37.2 Å². The van der Waals surface area contributed by atoms with Crippen LogP contribution >= 0.6 is 10.7 Å². The number of hydrazine groups is 1. The molecule has 3 aromatic rings. The van der Waals surface area contributed by atoms with Crippen LogP contribution in [-0.2, 0) is 21.3 Å². The van der Waals surface area contributed by atoms with Crippen LogP contribution in [0.25, 0.3) is 10.9 Å². The monoisotopic (exact) mass is 616 g/mol. The van der Waals surface area contributed by atoms with Gasteiger partial charge < -0.3 is 19.5 Å². The molecule has 2 unspecified atom stereocenters. The Hall–Kier alpha value is -3.67. The normalized spacial score (nSPS) is 17.6. The van der Waals surface area contributed by atoms with Gasteiger partial charge in [-0.3, -0.25) is 5.43 Å². The second kappa shape index (κ2) is 12.1. The van der Waals surface area contributed by atoms with Crippen LogP contribution < -0.4 is 25.4 Å². The van der Waals surface area contributed by atoms with Crippen molar-refractivity contribution in [2.45, 2.75) is 24.5 Å². The first kappa shape index (κ1) is 30.3. The first-order valence-electron chi connectivity index (χ1n) is 12.0. The molecule has 0 amide bonds. The topological polar surface area (TPSA) is 158 Å². The zero-order valence-electron chi connectivity index (χ0n) is 22.1. The maximum atomic E-state index is 13.5. The van der Waals surface area contributed by atoms with Gasteiger partial charge >= 0.3 is 11.5 Å². The summed E-state index contributed by atoms with van der Waals surface area (Å²) in [7, 11) is -2.63. The van der Waals surface area contributed by atoms with Crippen LogP contribution in [0.5, 0.6) is 11.5 Å². The standard InChI is InChI=1S/C24H27F3N6O6S2/c1-4-39-23(34)40-13-15(24(25,26)27)12-33(40)32-22-30-18-10-20(38-3)19(37-2)9-17(18)21(31-22)29-11-14-5-7-16(8-6-14)41(28,35)36/h5-10,13,15H,4,11-12H2,1-3H3,(H2,28,35,36)(H2,29,30,31,32). The van der Waals surface area contributed by atoms with E-state index in [1.165, 1.54) is 26.4 Å². The summed E-state index contributed by atoms with van der Waals surface area (Å²) >= 11 is 0. The first-order valence-corrected chi connectivity index (χ1v) is 14.8. The predicted octanol–water partition coefficient (Wildman–Crippen LogP) is 3.87. The van der Waals surface area contributed by atoms with E-state index in [4.69, 9.17) is 19.3 Å². The lowest BCUT2D eigenvalue weighted by atomic mass is 10.2. The van der Waals surface area contributed by atoms with Gasteiger partial charge in [-0.2, -0.15) is 22.6 Å². The molecule has 0 bridgehead atoms. The second-order valence-corrected chi connectivity index (χ2v) is 11.9. The number of fused-ring (bicyclic) bond motifs is 1. The van der Waals surface area contributed by atoms with E-state index in [-0.39, 0.29) is 29.8 Å². The van der Waals surface area contributed by atoms with Crippen LogP contribution in [-0.4, -0.2) is 67.0 Å². The van der Waals surface area contributed by atoms with Crippen LogP contribution in [0.2, 0.25) is 0 Å². The third kappa shape index (κ3) is 6.98. The molecular weight excluding hydrogens is 589 g/mol. The maximum Gasteiger partial charge on any atom is 0.397 e. The summed E-state index contributed by atoms with van der Waals surface area (Å²) in [5.41, 5.74) is 3.80. The lowest BCUT2D eigenvalue weighted by molar-refractivity contribution is -0.153. The fraction of sp³-hybridized carbons (Fsp3) is 0.333. The summed E-state index contributed by atoms with van der Waals surface area (Å²) in [5.74, 6) is -0.941. The molecule has 1 aliphatic rings. The summed E-state index contributed by atoms with van der Waals surface area (Å²) < 4.78 is 80.6. The number of nitrogens with zero attached hydrogens (tertiary/aromatic N) is 3. The van der Waals surface area contributed by atoms with Crippen molar-refractivity contribution in [3.05, 3.63) is 42.0 Å². The van der Waals surface area contributed by atoms with Crippen molar-refractivity contribution in [3.63, 3.8) is 0 Å². The molecule has 0 radical (unpaired) electrons. The van der Waals surface area contributed by atoms with Gasteiger partial charge in [0.15, 0.2) is 11.5 Å². The number of hydrogen-bond acceptors (Lipinski definition) is 11. The fourth-order valence-electron chi connectivity index (χ4n) is 3.86. The summed E-state index contributed by atoms with van der Waals surface area (Å²) in [4.78, 5) is 21.3. The van der Waals surface area contributed by atoms with Gasteiger partial charge in [0.25, 0.3) is 0 Å². The third-order valence-electron chi connectivity index (χ3n) is 5.88. The van der Waals surface area contributed by atoms with Crippen molar-refractivity contribution in [3.8, 4) is 11.5 Å². The number of hydrogen-bond donors (Lipinski definition) is 3. The average Bonchev–Trinajstić information content (AvgIpc) is 3.35. The number of sulfonamides is 1. The van der Waals surface area contributed by atoms with E-state index >= 15 is 0 Å². The van der Waals surface area contributed by atoms with E-state index in [1.807, 2.05) is 0 Å². The fourth-order valence-corrected chi connectivity index (χ4v) is 6.11. The van der Waals surface area contributed by atoms with Crippen LogP contribution in [0.1, 0.15) is 12.5 Å². The molecule has 1 aromatic heterocycles. The number of aromatic nitrogens is 2. The lowest BCUT2D eigenvalue weighted by Gasteiger charge is -2.22. The van der Waals surface area contributed by atoms with Crippen molar-refractivity contribution in [2.75, 3.05) is 38.1 Å². The number of alkyl halides is 3. The van der Waals surface area contributed by atoms with Gasteiger partial charge in [-0.25, -0.2) is 23.3 Å². The Balaban J connectivity index is 1.70. The van der Waals surface area contributed by atoms with Crippen LogP contribution in [0, 0.1) is 5.92 Å². The van der Waals surface area contributed by atoms with Crippen molar-refractivity contribution < 1.29 is 40.6 Å². The van der Waals surface area contributed by atoms with E-state index in [1.54, 1.807) is 31.2 Å². The molecule has 17 heteroatoms. The number of benzene rings is 2. The number of primary sulfonamides is 1. The summed E-state index contributed by atoms with van der Waals surface area (Å²) in [6.45, 7) is 1.19. The van der Waals surface area contributed by atoms with Crippen LogP contribution in [0.3, 0.4) is 0 Å². The summed E-state index contributed by atoms with van der Waals surface area (Å²) in [5, 5.41) is 8.89. The number of rotatable bonds is 9. The van der Waals surface area contributed by atoms with Crippen LogP contribution in [0.15, 0.2) is 41.3 Å². The van der Waals surface area contributed by atoms with Gasteiger partial charge in [0.2, 0.25) is 16.0 Å². The van der Waals surface area contributed by atoms with Crippen molar-refractivity contribution in [1.29, 1.82) is 0 Å². The van der Waals surface area contributed by atoms with Gasteiger partial charge in [-0.1, -0.05) is 12.1 Å². The highest BCUT2D eigenvalue weighted by molar-refractivity contribution is 8.25. The van der Waals surface area contributed by atoms with Crippen molar-refractivity contribution in [1.82, 2.24) is 14.4 Å². The quantitative estimate of drug-likeness (QED) is 0.237. The minimum atomic E-state index is -4.56. The SMILES string of the molecule is CCOC(=O)S1=CC(C(F)(F)F)CN1Nc1nc(NCc2ccc(S(N)(=O)=O)cc2)c2cc(OC)c(OC)cc2n1. The Bertz CT molecular complexity index is 1590. The minimum Gasteiger partial charge on any atom is -0.493 e. The number of methoxy groups -OCH3 is 2. The maximum absolute atomic E-state index is 13.5. The van der Waals surface area contributed by atoms with E-state index in [0.717, 1.165) is 9.78 Å². The molecule has 1 aliphatic heterocycles. The Morgan fingerprint density at radius 1 is 1.15 bits per heavy atom. The summed E-state index contributed by atoms with van der Waals surface area (Å²) in [6, 6.07) is 9.08. The Kier molecular flexibility index (Phi) is 8.91. The lowest BCUT2D eigenvalue weighted by Crippen LogP contribution is -2.33. The molecule has 12 nitrogen and oxygen atoms in total. The molecule has 0 saturated heterocycles. The number of anilines is 2. The number of ether oxygens (including phenoxy) is 3. The molecule has 2 atom stereocenters. The minimum absolute atomic E-state index is 0.00105. The highest BCUT2D eigenvalue weighted by Crippen LogP contribution is 2.39. The Morgan fingerprint density at radius 2 is 1.80 bits per heavy atom.